The Morgan fingerprint density at radius 1 is 1.35 bits per heavy atom. The molecule has 7 heteroatoms. The lowest BCUT2D eigenvalue weighted by Gasteiger charge is -2.24. The van der Waals surface area contributed by atoms with E-state index in [-0.39, 0.29) is 23.3 Å². The summed E-state index contributed by atoms with van der Waals surface area (Å²) in [4.78, 5) is 14.2. The maximum absolute atomic E-state index is 12.2. The van der Waals surface area contributed by atoms with Crippen molar-refractivity contribution in [2.45, 2.75) is 12.7 Å². The van der Waals surface area contributed by atoms with Crippen LogP contribution in [0.4, 0.5) is 8.78 Å². The number of amides is 1. The van der Waals surface area contributed by atoms with Crippen LogP contribution >= 0.6 is 11.3 Å². The molecular formula is C16H18F2N2O2S. The number of likely N-dealkylation sites (N-methyl/N-ethyl adjacent to an activating group) is 1. The molecule has 4 nitrogen and oxygen atoms in total. The molecule has 0 saturated carbocycles. The van der Waals surface area contributed by atoms with Crippen molar-refractivity contribution >= 4 is 17.2 Å². The van der Waals surface area contributed by atoms with Crippen LogP contribution in [-0.4, -0.2) is 38.1 Å². The minimum atomic E-state index is -2.91. The van der Waals surface area contributed by atoms with Gasteiger partial charge in [0.2, 0.25) is 0 Å². The van der Waals surface area contributed by atoms with E-state index >= 15 is 0 Å². The number of carbonyl (C=O) groups excluding carboxylic acids is 1. The highest BCUT2D eigenvalue weighted by Gasteiger charge is 2.16. The highest BCUT2D eigenvalue weighted by atomic mass is 32.1. The van der Waals surface area contributed by atoms with Gasteiger partial charge >= 0.3 is 6.61 Å². The van der Waals surface area contributed by atoms with E-state index in [4.69, 9.17) is 0 Å². The highest BCUT2D eigenvalue weighted by Crippen LogP contribution is 2.20. The third-order valence-electron chi connectivity index (χ3n) is 3.33. The standard InChI is InChI=1S/C16H18F2N2O2S/c1-20(2)14(12-6-7-23-10-12)9-19-15(21)11-4-3-5-13(8-11)22-16(17)18/h3-8,10,14,16H,9H2,1-2H3,(H,19,21)/t14-/m0/s1. The number of carbonyl (C=O) groups is 1. The summed E-state index contributed by atoms with van der Waals surface area (Å²) in [6.45, 7) is -2.49. The van der Waals surface area contributed by atoms with Crippen molar-refractivity contribution in [3.8, 4) is 5.75 Å². The molecule has 23 heavy (non-hydrogen) atoms. The Morgan fingerprint density at radius 2 is 2.13 bits per heavy atom. The van der Waals surface area contributed by atoms with Gasteiger partial charge in [0.25, 0.3) is 5.91 Å². The van der Waals surface area contributed by atoms with Crippen LogP contribution in [0.5, 0.6) is 5.75 Å². The minimum Gasteiger partial charge on any atom is -0.435 e. The van der Waals surface area contributed by atoms with Crippen LogP contribution in [-0.2, 0) is 0 Å². The molecule has 1 heterocycles. The van der Waals surface area contributed by atoms with Gasteiger partial charge in [0, 0.05) is 12.1 Å². The second-order valence-corrected chi connectivity index (χ2v) is 5.93. The normalized spacial score (nSPS) is 12.4. The number of nitrogens with zero attached hydrogens (tertiary/aromatic N) is 1. The average molecular weight is 340 g/mol. The van der Waals surface area contributed by atoms with Crippen molar-refractivity contribution < 1.29 is 18.3 Å². The zero-order valence-corrected chi connectivity index (χ0v) is 13.6. The van der Waals surface area contributed by atoms with Gasteiger partial charge < -0.3 is 15.0 Å². The van der Waals surface area contributed by atoms with E-state index in [1.807, 2.05) is 35.8 Å². The molecule has 0 unspecified atom stereocenters. The van der Waals surface area contributed by atoms with Gasteiger partial charge in [-0.1, -0.05) is 6.07 Å². The van der Waals surface area contributed by atoms with Crippen molar-refractivity contribution in [1.82, 2.24) is 10.2 Å². The van der Waals surface area contributed by atoms with Crippen LogP contribution < -0.4 is 10.1 Å². The number of ether oxygens (including phenoxy) is 1. The van der Waals surface area contributed by atoms with Gasteiger partial charge in [0.1, 0.15) is 5.75 Å². The van der Waals surface area contributed by atoms with Crippen molar-refractivity contribution in [3.63, 3.8) is 0 Å². The summed E-state index contributed by atoms with van der Waals surface area (Å²) in [5.41, 5.74) is 1.40. The monoisotopic (exact) mass is 340 g/mol. The molecule has 2 aromatic rings. The van der Waals surface area contributed by atoms with E-state index in [9.17, 15) is 13.6 Å². The molecule has 0 spiro atoms. The second-order valence-electron chi connectivity index (χ2n) is 5.15. The predicted molar refractivity (Wildman–Crippen MR) is 86.2 cm³/mol. The van der Waals surface area contributed by atoms with E-state index in [0.717, 1.165) is 5.56 Å². The van der Waals surface area contributed by atoms with Gasteiger partial charge in [-0.25, -0.2) is 0 Å². The largest absolute Gasteiger partial charge is 0.435 e. The van der Waals surface area contributed by atoms with Crippen LogP contribution in [0.3, 0.4) is 0 Å². The Balaban J connectivity index is 2.01. The first kappa shape index (κ1) is 17.4. The molecule has 1 amide bonds. The van der Waals surface area contributed by atoms with Crippen LogP contribution in [0.25, 0.3) is 0 Å². The van der Waals surface area contributed by atoms with Crippen molar-refractivity contribution in [2.24, 2.45) is 0 Å². The highest BCUT2D eigenvalue weighted by molar-refractivity contribution is 7.07. The molecule has 0 bridgehead atoms. The molecule has 0 radical (unpaired) electrons. The smallest absolute Gasteiger partial charge is 0.387 e. The second kappa shape index (κ2) is 8.03. The van der Waals surface area contributed by atoms with Gasteiger partial charge in [-0.2, -0.15) is 20.1 Å². The lowest BCUT2D eigenvalue weighted by Crippen LogP contribution is -2.34. The Morgan fingerprint density at radius 3 is 2.74 bits per heavy atom. The Kier molecular flexibility index (Phi) is 6.06. The molecular weight excluding hydrogens is 322 g/mol. The average Bonchev–Trinajstić information content (AvgIpc) is 3.00. The SMILES string of the molecule is CN(C)[C@@H](CNC(=O)c1cccc(OC(F)F)c1)c1ccsc1. The maximum Gasteiger partial charge on any atom is 0.387 e. The molecule has 0 fully saturated rings. The van der Waals surface area contributed by atoms with Crippen molar-refractivity contribution in [3.05, 3.63) is 52.2 Å². The van der Waals surface area contributed by atoms with Crippen molar-refractivity contribution in [1.29, 1.82) is 0 Å². The first-order valence-electron chi connectivity index (χ1n) is 6.99. The number of halogens is 2. The minimum absolute atomic E-state index is 0.0327. The van der Waals surface area contributed by atoms with E-state index in [2.05, 4.69) is 10.1 Å². The van der Waals surface area contributed by atoms with Crippen LogP contribution in [0.1, 0.15) is 22.0 Å². The number of rotatable bonds is 7. The summed E-state index contributed by atoms with van der Waals surface area (Å²) in [6, 6.07) is 7.81. The Hall–Kier alpha value is -1.99. The first-order chi connectivity index (χ1) is 11.0. The summed E-state index contributed by atoms with van der Waals surface area (Å²) in [6.07, 6.45) is 0. The fourth-order valence-electron chi connectivity index (χ4n) is 2.17. The molecule has 1 aromatic heterocycles. The fraction of sp³-hybridized carbons (Fsp3) is 0.312. The molecule has 0 saturated heterocycles. The zero-order chi connectivity index (χ0) is 16.8. The van der Waals surface area contributed by atoms with Crippen molar-refractivity contribution in [2.75, 3.05) is 20.6 Å². The maximum atomic E-state index is 12.2. The Bertz CT molecular complexity index is 633. The fourth-order valence-corrected chi connectivity index (χ4v) is 2.88. The number of benzene rings is 1. The van der Waals surface area contributed by atoms with Gasteiger partial charge in [-0.3, -0.25) is 4.79 Å². The number of thiophene rings is 1. The van der Waals surface area contributed by atoms with Gasteiger partial charge in [-0.05, 0) is 54.7 Å². The number of hydrogen-bond donors (Lipinski definition) is 1. The molecule has 2 rings (SSSR count). The van der Waals surface area contributed by atoms with Crippen LogP contribution in [0.15, 0.2) is 41.1 Å². The van der Waals surface area contributed by atoms with E-state index in [1.54, 1.807) is 17.4 Å². The summed E-state index contributed by atoms with van der Waals surface area (Å²) in [7, 11) is 3.87. The topological polar surface area (TPSA) is 41.6 Å². The number of alkyl halides is 2. The van der Waals surface area contributed by atoms with Crippen LogP contribution in [0.2, 0.25) is 0 Å². The Labute approximate surface area is 137 Å². The lowest BCUT2D eigenvalue weighted by atomic mass is 10.1. The zero-order valence-electron chi connectivity index (χ0n) is 12.8. The summed E-state index contributed by atoms with van der Waals surface area (Å²) >= 11 is 1.60. The first-order valence-corrected chi connectivity index (χ1v) is 7.93. The van der Waals surface area contributed by atoms with Gasteiger partial charge in [-0.15, -0.1) is 0 Å². The number of hydrogen-bond acceptors (Lipinski definition) is 4. The predicted octanol–water partition coefficient (Wildman–Crippen LogP) is 3.38. The lowest BCUT2D eigenvalue weighted by molar-refractivity contribution is -0.0498. The molecule has 1 aromatic carbocycles. The summed E-state index contributed by atoms with van der Waals surface area (Å²) in [5, 5.41) is 6.85. The van der Waals surface area contributed by atoms with E-state index < -0.39 is 6.61 Å². The van der Waals surface area contributed by atoms with Crippen LogP contribution in [0, 0.1) is 0 Å². The molecule has 124 valence electrons. The molecule has 0 aliphatic rings. The summed E-state index contributed by atoms with van der Waals surface area (Å²) < 4.78 is 28.8. The van der Waals surface area contributed by atoms with Gasteiger partial charge in [0.15, 0.2) is 0 Å². The third-order valence-corrected chi connectivity index (χ3v) is 4.03. The molecule has 1 N–H and O–H groups in total. The quantitative estimate of drug-likeness (QED) is 0.840. The molecule has 0 aliphatic heterocycles. The number of nitrogens with one attached hydrogen (secondary N) is 1. The molecule has 1 atom stereocenters. The summed E-state index contributed by atoms with van der Waals surface area (Å²) in [5.74, 6) is -0.360. The third kappa shape index (κ3) is 5.01. The van der Waals surface area contributed by atoms with E-state index in [0.29, 0.717) is 6.54 Å². The van der Waals surface area contributed by atoms with Gasteiger partial charge in [0.05, 0.1) is 6.04 Å². The van der Waals surface area contributed by atoms with E-state index in [1.165, 1.54) is 18.2 Å². The molecule has 0 aliphatic carbocycles.